The van der Waals surface area contributed by atoms with Gasteiger partial charge in [-0.2, -0.15) is 4.68 Å². The number of nitrogen functional groups attached to an aromatic ring is 1. The molecule has 0 saturated heterocycles. The summed E-state index contributed by atoms with van der Waals surface area (Å²) in [4.78, 5) is 3.97. The Labute approximate surface area is 95.8 Å². The minimum Gasteiger partial charge on any atom is -0.381 e. The maximum Gasteiger partial charge on any atom is 0.221 e. The molecule has 0 amide bonds. The molecule has 2 heterocycles. The molecule has 0 spiro atoms. The first-order chi connectivity index (χ1) is 7.56. The molecule has 2 N–H and O–H groups in total. The number of aromatic nitrogens is 4. The highest BCUT2D eigenvalue weighted by molar-refractivity contribution is 7.91. The highest BCUT2D eigenvalue weighted by Crippen LogP contribution is 2.20. The predicted octanol–water partition coefficient (Wildman–Crippen LogP) is 0.0996. The number of hydrogen-bond donors (Lipinski definition) is 1. The highest BCUT2D eigenvalue weighted by Gasteiger charge is 2.23. The molecule has 7 nitrogen and oxygen atoms in total. The van der Waals surface area contributed by atoms with Crippen molar-refractivity contribution in [2.75, 3.05) is 11.5 Å². The first-order valence-corrected chi connectivity index (χ1v) is 6.93. The van der Waals surface area contributed by atoms with Crippen LogP contribution in [0.4, 0.5) is 5.82 Å². The third-order valence-corrected chi connectivity index (χ3v) is 4.33. The van der Waals surface area contributed by atoms with E-state index in [1.807, 2.05) is 0 Å². The van der Waals surface area contributed by atoms with Gasteiger partial charge < -0.3 is 5.73 Å². The van der Waals surface area contributed by atoms with E-state index in [9.17, 15) is 8.42 Å². The zero-order chi connectivity index (χ0) is 11.8. The topological polar surface area (TPSA) is 104 Å². The van der Waals surface area contributed by atoms with Crippen molar-refractivity contribution in [1.82, 2.24) is 20.0 Å². The van der Waals surface area contributed by atoms with Gasteiger partial charge in [0, 0.05) is 11.6 Å². The summed E-state index contributed by atoms with van der Waals surface area (Å²) in [6.07, 6.45) is 1.58. The van der Waals surface area contributed by atoms with Crippen LogP contribution in [0.3, 0.4) is 0 Å². The van der Waals surface area contributed by atoms with Gasteiger partial charge in [-0.25, -0.2) is 13.4 Å². The lowest BCUT2D eigenvalue weighted by molar-refractivity contribution is 0.593. The lowest BCUT2D eigenvalue weighted by Crippen LogP contribution is -2.08. The molecule has 0 aliphatic heterocycles. The minimum absolute atomic E-state index is 0.00296. The van der Waals surface area contributed by atoms with Gasteiger partial charge in [-0.3, -0.25) is 0 Å². The summed E-state index contributed by atoms with van der Waals surface area (Å²) in [6, 6.07) is 0. The Bertz CT molecular complexity index is 586. The van der Waals surface area contributed by atoms with E-state index in [0.717, 1.165) is 0 Å². The van der Waals surface area contributed by atoms with Crippen molar-refractivity contribution in [3.8, 4) is 5.13 Å². The molecule has 9 heteroatoms. The molecule has 0 aliphatic carbocycles. The summed E-state index contributed by atoms with van der Waals surface area (Å²) in [7, 11) is -3.44. The van der Waals surface area contributed by atoms with Gasteiger partial charge in [-0.05, 0) is 0 Å². The Morgan fingerprint density at radius 3 is 2.88 bits per heavy atom. The van der Waals surface area contributed by atoms with Crippen LogP contribution in [0, 0.1) is 0 Å². The van der Waals surface area contributed by atoms with E-state index in [-0.39, 0.29) is 16.6 Å². The zero-order valence-corrected chi connectivity index (χ0v) is 9.99. The van der Waals surface area contributed by atoms with Crippen LogP contribution in [0.25, 0.3) is 5.13 Å². The first kappa shape index (κ1) is 11.0. The van der Waals surface area contributed by atoms with Gasteiger partial charge >= 0.3 is 0 Å². The molecule has 2 rings (SSSR count). The molecule has 16 heavy (non-hydrogen) atoms. The van der Waals surface area contributed by atoms with Gasteiger partial charge in [0.15, 0.2) is 5.82 Å². The maximum atomic E-state index is 11.6. The molecule has 0 radical (unpaired) electrons. The van der Waals surface area contributed by atoms with E-state index in [4.69, 9.17) is 5.73 Å². The van der Waals surface area contributed by atoms with Crippen molar-refractivity contribution >= 4 is 27.0 Å². The number of rotatable bonds is 3. The SMILES string of the molecule is CCS(=O)(=O)c1nnn(-c2nccs2)c1N. The fourth-order valence-electron chi connectivity index (χ4n) is 1.10. The molecule has 2 aromatic heterocycles. The average Bonchev–Trinajstić information content (AvgIpc) is 2.86. The quantitative estimate of drug-likeness (QED) is 0.838. The maximum absolute atomic E-state index is 11.6. The van der Waals surface area contributed by atoms with E-state index < -0.39 is 9.84 Å². The number of anilines is 1. The molecule has 0 aliphatic rings. The summed E-state index contributed by atoms with van der Waals surface area (Å²) >= 11 is 1.30. The standard InChI is InChI=1S/C7H9N5O2S2/c1-2-16(13,14)6-5(8)12(11-10-6)7-9-3-4-15-7/h3-4H,2,8H2,1H3. The van der Waals surface area contributed by atoms with Crippen LogP contribution in [-0.4, -0.2) is 34.1 Å². The number of thiazole rings is 1. The number of sulfone groups is 1. The van der Waals surface area contributed by atoms with E-state index in [1.165, 1.54) is 22.9 Å². The second-order valence-electron chi connectivity index (χ2n) is 2.91. The average molecular weight is 259 g/mol. The second kappa shape index (κ2) is 3.83. The summed E-state index contributed by atoms with van der Waals surface area (Å²) in [5.74, 6) is -0.0647. The molecule has 0 fully saturated rings. The lowest BCUT2D eigenvalue weighted by atomic mass is 10.7. The Balaban J connectivity index is 2.55. The van der Waals surface area contributed by atoms with Crippen LogP contribution in [0.2, 0.25) is 0 Å². The van der Waals surface area contributed by atoms with Crippen LogP contribution < -0.4 is 5.73 Å². The highest BCUT2D eigenvalue weighted by atomic mass is 32.2. The van der Waals surface area contributed by atoms with E-state index in [2.05, 4.69) is 15.3 Å². The Morgan fingerprint density at radius 1 is 1.56 bits per heavy atom. The second-order valence-corrected chi connectivity index (χ2v) is 5.98. The van der Waals surface area contributed by atoms with Crippen molar-refractivity contribution in [1.29, 1.82) is 0 Å². The van der Waals surface area contributed by atoms with Crippen LogP contribution in [0.15, 0.2) is 16.6 Å². The number of nitrogens with two attached hydrogens (primary N) is 1. The summed E-state index contributed by atoms with van der Waals surface area (Å²) < 4.78 is 24.4. The van der Waals surface area contributed by atoms with E-state index >= 15 is 0 Å². The monoisotopic (exact) mass is 259 g/mol. The third-order valence-electron chi connectivity index (χ3n) is 1.95. The molecular weight excluding hydrogens is 250 g/mol. The molecule has 86 valence electrons. The molecule has 0 aromatic carbocycles. The van der Waals surface area contributed by atoms with Gasteiger partial charge in [-0.15, -0.1) is 16.4 Å². The van der Waals surface area contributed by atoms with Crippen molar-refractivity contribution in [2.24, 2.45) is 0 Å². The fraction of sp³-hybridized carbons (Fsp3) is 0.286. The van der Waals surface area contributed by atoms with E-state index in [1.54, 1.807) is 11.6 Å². The molecule has 0 saturated carbocycles. The molecule has 0 atom stereocenters. The van der Waals surface area contributed by atoms with Crippen molar-refractivity contribution in [3.05, 3.63) is 11.6 Å². The Morgan fingerprint density at radius 2 is 2.31 bits per heavy atom. The first-order valence-electron chi connectivity index (χ1n) is 4.40. The lowest BCUT2D eigenvalue weighted by Gasteiger charge is -1.98. The van der Waals surface area contributed by atoms with Gasteiger partial charge in [0.1, 0.15) is 0 Å². The Kier molecular flexibility index (Phi) is 2.64. The summed E-state index contributed by atoms with van der Waals surface area (Å²) in [5, 5.41) is 9.30. The summed E-state index contributed by atoms with van der Waals surface area (Å²) in [5.41, 5.74) is 5.68. The molecular formula is C7H9N5O2S2. The normalized spacial score (nSPS) is 11.8. The molecule has 0 bridgehead atoms. The molecule has 0 unspecified atom stereocenters. The largest absolute Gasteiger partial charge is 0.381 e. The fourth-order valence-corrected chi connectivity index (χ4v) is 2.53. The third kappa shape index (κ3) is 1.67. The van der Waals surface area contributed by atoms with Crippen LogP contribution in [0.1, 0.15) is 6.92 Å². The van der Waals surface area contributed by atoms with Crippen LogP contribution >= 0.6 is 11.3 Å². The minimum atomic E-state index is -3.44. The smallest absolute Gasteiger partial charge is 0.221 e. The van der Waals surface area contributed by atoms with Crippen molar-refractivity contribution in [3.63, 3.8) is 0 Å². The van der Waals surface area contributed by atoms with Crippen LogP contribution in [-0.2, 0) is 9.84 Å². The van der Waals surface area contributed by atoms with Gasteiger partial charge in [0.2, 0.25) is 20.0 Å². The number of nitrogens with zero attached hydrogens (tertiary/aromatic N) is 4. The Hall–Kier alpha value is -1.48. The number of hydrogen-bond acceptors (Lipinski definition) is 7. The summed E-state index contributed by atoms with van der Waals surface area (Å²) in [6.45, 7) is 1.52. The van der Waals surface area contributed by atoms with Crippen molar-refractivity contribution in [2.45, 2.75) is 11.9 Å². The van der Waals surface area contributed by atoms with Crippen molar-refractivity contribution < 1.29 is 8.42 Å². The van der Waals surface area contributed by atoms with Crippen LogP contribution in [0.5, 0.6) is 0 Å². The van der Waals surface area contributed by atoms with E-state index in [0.29, 0.717) is 5.13 Å². The molecule has 2 aromatic rings. The van der Waals surface area contributed by atoms with Gasteiger partial charge in [-0.1, -0.05) is 12.1 Å². The predicted molar refractivity (Wildman–Crippen MR) is 59.2 cm³/mol. The zero-order valence-electron chi connectivity index (χ0n) is 8.36. The van der Waals surface area contributed by atoms with Gasteiger partial charge in [0.25, 0.3) is 0 Å². The van der Waals surface area contributed by atoms with Gasteiger partial charge in [0.05, 0.1) is 5.75 Å².